The van der Waals surface area contributed by atoms with E-state index in [0.717, 1.165) is 0 Å². The lowest BCUT2D eigenvalue weighted by atomic mass is 10.2. The van der Waals surface area contributed by atoms with Crippen LogP contribution in [-0.4, -0.2) is 25.2 Å². The molecule has 0 saturated carbocycles. The summed E-state index contributed by atoms with van der Waals surface area (Å²) in [7, 11) is 1.53. The first-order chi connectivity index (χ1) is 7.20. The SMILES string of the molecule is COCCNc1c(C#N)cnc(N)c1F. The number of nitriles is 1. The standard InChI is InChI=1S/C9H11FN4O/c1-15-3-2-13-8-6(4-11)5-14-9(12)7(8)10/h5H,2-3H2,1H3,(H3,12,13,14). The maximum atomic E-state index is 13.4. The minimum absolute atomic E-state index is 0.0713. The molecule has 1 rings (SSSR count). The van der Waals surface area contributed by atoms with Crippen molar-refractivity contribution in [3.63, 3.8) is 0 Å². The largest absolute Gasteiger partial charge is 0.383 e. The lowest BCUT2D eigenvalue weighted by molar-refractivity contribution is 0.210. The van der Waals surface area contributed by atoms with E-state index in [0.29, 0.717) is 13.2 Å². The highest BCUT2D eigenvalue weighted by Gasteiger charge is 2.12. The summed E-state index contributed by atoms with van der Waals surface area (Å²) in [4.78, 5) is 3.55. The van der Waals surface area contributed by atoms with Crippen molar-refractivity contribution in [2.45, 2.75) is 0 Å². The van der Waals surface area contributed by atoms with E-state index in [9.17, 15) is 4.39 Å². The van der Waals surface area contributed by atoms with Crippen LogP contribution in [0.3, 0.4) is 0 Å². The van der Waals surface area contributed by atoms with E-state index in [1.807, 2.05) is 6.07 Å². The number of hydrogen-bond donors (Lipinski definition) is 2. The van der Waals surface area contributed by atoms with Crippen LogP contribution in [0.1, 0.15) is 5.56 Å². The van der Waals surface area contributed by atoms with E-state index in [1.54, 1.807) is 0 Å². The lowest BCUT2D eigenvalue weighted by Gasteiger charge is -2.09. The molecule has 0 aromatic carbocycles. The number of aromatic nitrogens is 1. The Labute approximate surface area is 86.7 Å². The van der Waals surface area contributed by atoms with Gasteiger partial charge in [0.15, 0.2) is 11.6 Å². The summed E-state index contributed by atoms with van der Waals surface area (Å²) in [6.07, 6.45) is 1.23. The maximum Gasteiger partial charge on any atom is 0.189 e. The van der Waals surface area contributed by atoms with Gasteiger partial charge in [-0.2, -0.15) is 5.26 Å². The van der Waals surface area contributed by atoms with E-state index >= 15 is 0 Å². The quantitative estimate of drug-likeness (QED) is 0.716. The van der Waals surface area contributed by atoms with E-state index in [1.165, 1.54) is 13.3 Å². The van der Waals surface area contributed by atoms with Gasteiger partial charge < -0.3 is 15.8 Å². The Bertz CT molecular complexity index is 388. The zero-order valence-corrected chi connectivity index (χ0v) is 8.25. The highest BCUT2D eigenvalue weighted by Crippen LogP contribution is 2.21. The van der Waals surface area contributed by atoms with Gasteiger partial charge in [-0.3, -0.25) is 0 Å². The van der Waals surface area contributed by atoms with Crippen LogP contribution in [0.2, 0.25) is 0 Å². The first-order valence-electron chi connectivity index (χ1n) is 4.27. The minimum Gasteiger partial charge on any atom is -0.383 e. The number of nitrogens with zero attached hydrogens (tertiary/aromatic N) is 2. The maximum absolute atomic E-state index is 13.4. The smallest absolute Gasteiger partial charge is 0.189 e. The summed E-state index contributed by atoms with van der Waals surface area (Å²) in [6.45, 7) is 0.804. The zero-order valence-electron chi connectivity index (χ0n) is 8.25. The number of pyridine rings is 1. The number of ether oxygens (including phenoxy) is 1. The summed E-state index contributed by atoms with van der Waals surface area (Å²) >= 11 is 0. The third-order valence-electron chi connectivity index (χ3n) is 1.77. The number of halogens is 1. The molecule has 0 atom stereocenters. The molecule has 0 amide bonds. The second-order valence-corrected chi connectivity index (χ2v) is 2.78. The third-order valence-corrected chi connectivity index (χ3v) is 1.77. The summed E-state index contributed by atoms with van der Waals surface area (Å²) in [5, 5.41) is 11.5. The average Bonchev–Trinajstić information content (AvgIpc) is 2.25. The van der Waals surface area contributed by atoms with Gasteiger partial charge in [0.2, 0.25) is 0 Å². The number of nitrogens with two attached hydrogens (primary N) is 1. The van der Waals surface area contributed by atoms with Gasteiger partial charge in [0.25, 0.3) is 0 Å². The molecule has 0 radical (unpaired) electrons. The Kier molecular flexibility index (Phi) is 3.83. The van der Waals surface area contributed by atoms with Crippen molar-refractivity contribution in [2.24, 2.45) is 0 Å². The molecule has 0 bridgehead atoms. The van der Waals surface area contributed by atoms with Crippen LogP contribution in [-0.2, 0) is 4.74 Å². The van der Waals surface area contributed by atoms with Gasteiger partial charge in [0.1, 0.15) is 6.07 Å². The Hall–Kier alpha value is -1.87. The van der Waals surface area contributed by atoms with E-state index < -0.39 is 5.82 Å². The number of nitrogens with one attached hydrogen (secondary N) is 1. The van der Waals surface area contributed by atoms with Crippen molar-refractivity contribution in [1.82, 2.24) is 4.98 Å². The minimum atomic E-state index is -0.704. The molecule has 1 aromatic rings. The van der Waals surface area contributed by atoms with Gasteiger partial charge in [-0.1, -0.05) is 0 Å². The third kappa shape index (κ3) is 2.54. The molecule has 6 heteroatoms. The Morgan fingerprint density at radius 1 is 1.73 bits per heavy atom. The summed E-state index contributed by atoms with van der Waals surface area (Å²) in [5.74, 6) is -0.931. The number of rotatable bonds is 4. The molecule has 0 saturated heterocycles. The van der Waals surface area contributed by atoms with Gasteiger partial charge in [0.05, 0.1) is 17.9 Å². The van der Waals surface area contributed by atoms with Crippen LogP contribution in [0.15, 0.2) is 6.20 Å². The summed E-state index contributed by atoms with van der Waals surface area (Å²) < 4.78 is 18.2. The van der Waals surface area contributed by atoms with E-state index in [-0.39, 0.29) is 17.1 Å². The number of methoxy groups -OCH3 is 1. The zero-order chi connectivity index (χ0) is 11.3. The van der Waals surface area contributed by atoms with Crippen molar-refractivity contribution in [3.8, 4) is 6.07 Å². The van der Waals surface area contributed by atoms with Crippen LogP contribution in [0.25, 0.3) is 0 Å². The van der Waals surface area contributed by atoms with Crippen LogP contribution in [0.4, 0.5) is 15.9 Å². The van der Waals surface area contributed by atoms with Crippen molar-refractivity contribution in [3.05, 3.63) is 17.6 Å². The van der Waals surface area contributed by atoms with Crippen LogP contribution < -0.4 is 11.1 Å². The highest BCUT2D eigenvalue weighted by molar-refractivity contribution is 5.62. The molecule has 1 heterocycles. The van der Waals surface area contributed by atoms with Crippen molar-refractivity contribution < 1.29 is 9.13 Å². The average molecular weight is 210 g/mol. The van der Waals surface area contributed by atoms with E-state index in [4.69, 9.17) is 15.7 Å². The van der Waals surface area contributed by atoms with Gasteiger partial charge in [-0.05, 0) is 0 Å². The molecular weight excluding hydrogens is 199 g/mol. The number of nitrogen functional groups attached to an aromatic ring is 1. The molecule has 15 heavy (non-hydrogen) atoms. The number of hydrogen-bond acceptors (Lipinski definition) is 5. The van der Waals surface area contributed by atoms with Gasteiger partial charge >= 0.3 is 0 Å². The van der Waals surface area contributed by atoms with Crippen LogP contribution >= 0.6 is 0 Å². The monoisotopic (exact) mass is 210 g/mol. The topological polar surface area (TPSA) is 84.0 Å². The van der Waals surface area contributed by atoms with Crippen molar-refractivity contribution >= 4 is 11.5 Å². The fourth-order valence-electron chi connectivity index (χ4n) is 1.04. The normalized spacial score (nSPS) is 9.67. The van der Waals surface area contributed by atoms with Gasteiger partial charge in [-0.15, -0.1) is 0 Å². The predicted octanol–water partition coefficient (Wildman–Crippen LogP) is 0.733. The molecule has 0 fully saturated rings. The first-order valence-corrected chi connectivity index (χ1v) is 4.27. The van der Waals surface area contributed by atoms with Gasteiger partial charge in [0, 0.05) is 19.9 Å². The summed E-state index contributed by atoms with van der Waals surface area (Å²) in [5.41, 5.74) is 5.48. The highest BCUT2D eigenvalue weighted by atomic mass is 19.1. The molecule has 0 aliphatic heterocycles. The fourth-order valence-corrected chi connectivity index (χ4v) is 1.04. The molecule has 0 aliphatic rings. The molecule has 0 unspecified atom stereocenters. The summed E-state index contributed by atoms with van der Waals surface area (Å²) in [6, 6.07) is 1.83. The molecule has 5 nitrogen and oxygen atoms in total. The van der Waals surface area contributed by atoms with Gasteiger partial charge in [-0.25, -0.2) is 9.37 Å². The predicted molar refractivity (Wildman–Crippen MR) is 53.7 cm³/mol. The fraction of sp³-hybridized carbons (Fsp3) is 0.333. The molecule has 0 spiro atoms. The molecule has 1 aromatic heterocycles. The van der Waals surface area contributed by atoms with Crippen molar-refractivity contribution in [2.75, 3.05) is 31.3 Å². The molecule has 80 valence electrons. The van der Waals surface area contributed by atoms with Crippen LogP contribution in [0, 0.1) is 17.1 Å². The molecular formula is C9H11FN4O. The second-order valence-electron chi connectivity index (χ2n) is 2.78. The Balaban J connectivity index is 2.93. The number of anilines is 2. The van der Waals surface area contributed by atoms with E-state index in [2.05, 4.69) is 10.3 Å². The lowest BCUT2D eigenvalue weighted by Crippen LogP contribution is -2.11. The van der Waals surface area contributed by atoms with Crippen molar-refractivity contribution in [1.29, 1.82) is 5.26 Å². The second kappa shape index (κ2) is 5.12. The van der Waals surface area contributed by atoms with Crippen LogP contribution in [0.5, 0.6) is 0 Å². The Morgan fingerprint density at radius 3 is 3.07 bits per heavy atom. The Morgan fingerprint density at radius 2 is 2.47 bits per heavy atom. The molecule has 3 N–H and O–H groups in total. The molecule has 0 aliphatic carbocycles. The first kappa shape index (κ1) is 11.2.